The molecule has 1 amide bonds. The maximum atomic E-state index is 13.6. The van der Waals surface area contributed by atoms with Crippen LogP contribution in [0.5, 0.6) is 11.5 Å². The second-order valence-corrected chi connectivity index (χ2v) is 10.9. The second kappa shape index (κ2) is 10.5. The molecule has 3 aromatic rings. The number of carbonyl (C=O) groups excluding carboxylic acids is 1. The van der Waals surface area contributed by atoms with Crippen LogP contribution in [0, 0.1) is 0 Å². The maximum absolute atomic E-state index is 13.6. The summed E-state index contributed by atoms with van der Waals surface area (Å²) in [5, 5.41) is 3.19. The van der Waals surface area contributed by atoms with Crippen LogP contribution in [0.2, 0.25) is 5.02 Å². The zero-order valence-electron chi connectivity index (χ0n) is 20.1. The van der Waals surface area contributed by atoms with Crippen molar-refractivity contribution in [3.05, 3.63) is 71.8 Å². The fourth-order valence-electron chi connectivity index (χ4n) is 4.26. The molecule has 5 rings (SSSR count). The number of amides is 1. The zero-order valence-corrected chi connectivity index (χ0v) is 21.7. The van der Waals surface area contributed by atoms with Gasteiger partial charge in [0, 0.05) is 29.5 Å². The average molecular weight is 544 g/mol. The van der Waals surface area contributed by atoms with Crippen molar-refractivity contribution < 1.29 is 27.4 Å². The molecule has 0 bridgehead atoms. The van der Waals surface area contributed by atoms with E-state index in [1.807, 2.05) is 24.3 Å². The molecule has 1 N–H and O–H groups in total. The smallest absolute Gasteiger partial charge is 0.267 e. The predicted octanol–water partition coefficient (Wildman–Crippen LogP) is 3.78. The summed E-state index contributed by atoms with van der Waals surface area (Å²) in [5.74, 6) is 0.312. The molecular weight excluding hydrogens is 518 g/mol. The van der Waals surface area contributed by atoms with Crippen LogP contribution in [-0.2, 0) is 19.6 Å². The number of hydrogen-bond donors (Lipinski definition) is 1. The second-order valence-electron chi connectivity index (χ2n) is 8.57. The molecule has 2 aliphatic heterocycles. The minimum atomic E-state index is -4.03. The Morgan fingerprint density at radius 1 is 1.03 bits per heavy atom. The minimum Gasteiger partial charge on any atom is -0.497 e. The molecule has 0 unspecified atom stereocenters. The van der Waals surface area contributed by atoms with Crippen LogP contribution < -0.4 is 24.0 Å². The molecule has 2 aliphatic rings. The summed E-state index contributed by atoms with van der Waals surface area (Å²) in [6.07, 6.45) is -1.08. The molecule has 9 nitrogen and oxygen atoms in total. The van der Waals surface area contributed by atoms with E-state index in [-0.39, 0.29) is 22.9 Å². The van der Waals surface area contributed by atoms with Gasteiger partial charge < -0.3 is 24.4 Å². The van der Waals surface area contributed by atoms with Gasteiger partial charge in [0.15, 0.2) is 6.10 Å². The van der Waals surface area contributed by atoms with Crippen molar-refractivity contribution in [3.8, 4) is 11.5 Å². The fraction of sp³-hybridized carbons (Fsp3) is 0.269. The average Bonchev–Trinajstić information content (AvgIpc) is 2.93. The SMILES string of the molecule is COc1ccc(S(=O)(=O)N2C[C@@H](C(=O)Nc3ccc(N4CCOCC4)cc3)Oc3ccc(Cl)cc32)cc1. The highest BCUT2D eigenvalue weighted by Gasteiger charge is 2.38. The third-order valence-corrected chi connectivity index (χ3v) is 8.27. The summed E-state index contributed by atoms with van der Waals surface area (Å²) in [6.45, 7) is 2.76. The first-order chi connectivity index (χ1) is 17.8. The highest BCUT2D eigenvalue weighted by molar-refractivity contribution is 7.92. The molecule has 11 heteroatoms. The van der Waals surface area contributed by atoms with Gasteiger partial charge in [0.05, 0.1) is 37.5 Å². The van der Waals surface area contributed by atoms with Gasteiger partial charge in [0.2, 0.25) is 0 Å². The van der Waals surface area contributed by atoms with Crippen LogP contribution in [0.25, 0.3) is 0 Å². The molecule has 0 aromatic heterocycles. The van der Waals surface area contributed by atoms with Gasteiger partial charge in [-0.05, 0) is 66.7 Å². The number of benzene rings is 3. The van der Waals surface area contributed by atoms with Crippen molar-refractivity contribution in [2.45, 2.75) is 11.0 Å². The van der Waals surface area contributed by atoms with E-state index in [9.17, 15) is 13.2 Å². The fourth-order valence-corrected chi connectivity index (χ4v) is 5.90. The standard InChI is InChI=1S/C26H26ClN3O6S/c1-34-21-7-9-22(10-8-21)37(32,33)30-17-25(36-24-11-2-18(27)16-23(24)30)26(31)28-19-3-5-20(6-4-19)29-12-14-35-15-13-29/h2-11,16,25H,12-15,17H2,1H3,(H,28,31)/t25-/m0/s1. The molecule has 0 saturated carbocycles. The lowest BCUT2D eigenvalue weighted by molar-refractivity contribution is -0.122. The van der Waals surface area contributed by atoms with Crippen molar-refractivity contribution in [3.63, 3.8) is 0 Å². The molecule has 0 spiro atoms. The highest BCUT2D eigenvalue weighted by Crippen LogP contribution is 2.39. The number of fused-ring (bicyclic) bond motifs is 1. The van der Waals surface area contributed by atoms with E-state index in [0.717, 1.165) is 23.1 Å². The van der Waals surface area contributed by atoms with Crippen molar-refractivity contribution in [1.82, 2.24) is 0 Å². The van der Waals surface area contributed by atoms with Gasteiger partial charge in [-0.25, -0.2) is 8.42 Å². The summed E-state index contributed by atoms with van der Waals surface area (Å²) >= 11 is 6.17. The molecule has 0 aliphatic carbocycles. The van der Waals surface area contributed by atoms with Gasteiger partial charge in [-0.2, -0.15) is 0 Å². The van der Waals surface area contributed by atoms with Crippen LogP contribution in [0.4, 0.5) is 17.1 Å². The number of anilines is 3. The van der Waals surface area contributed by atoms with Crippen LogP contribution in [-0.4, -0.2) is 60.4 Å². The van der Waals surface area contributed by atoms with Crippen molar-refractivity contribution in [2.75, 3.05) is 54.5 Å². The third kappa shape index (κ3) is 5.31. The quantitative estimate of drug-likeness (QED) is 0.505. The number of hydrogen-bond acceptors (Lipinski definition) is 7. The van der Waals surface area contributed by atoms with Crippen LogP contribution in [0.1, 0.15) is 0 Å². The topological polar surface area (TPSA) is 97.4 Å². The first kappa shape index (κ1) is 25.2. The number of carbonyl (C=O) groups is 1. The number of nitrogens with one attached hydrogen (secondary N) is 1. The number of morpholine rings is 1. The Morgan fingerprint density at radius 2 is 1.73 bits per heavy atom. The van der Waals surface area contributed by atoms with E-state index in [4.69, 9.17) is 25.8 Å². The minimum absolute atomic E-state index is 0.0546. The van der Waals surface area contributed by atoms with Gasteiger partial charge in [-0.1, -0.05) is 11.6 Å². The predicted molar refractivity (Wildman–Crippen MR) is 141 cm³/mol. The Morgan fingerprint density at radius 3 is 2.41 bits per heavy atom. The molecule has 1 saturated heterocycles. The number of halogens is 1. The number of nitrogens with zero attached hydrogens (tertiary/aromatic N) is 2. The summed E-state index contributed by atoms with van der Waals surface area (Å²) < 4.78 is 44.8. The van der Waals surface area contributed by atoms with Crippen LogP contribution in [0.15, 0.2) is 71.6 Å². The Bertz CT molecular complexity index is 1380. The van der Waals surface area contributed by atoms with Gasteiger partial charge in [-0.15, -0.1) is 0 Å². The van der Waals surface area contributed by atoms with E-state index >= 15 is 0 Å². The van der Waals surface area contributed by atoms with E-state index in [2.05, 4.69) is 10.2 Å². The van der Waals surface area contributed by atoms with Crippen LogP contribution in [0.3, 0.4) is 0 Å². The first-order valence-electron chi connectivity index (χ1n) is 11.7. The first-order valence-corrected chi connectivity index (χ1v) is 13.5. The number of ether oxygens (including phenoxy) is 3. The molecule has 1 fully saturated rings. The summed E-state index contributed by atoms with van der Waals surface area (Å²) in [6, 6.07) is 18.2. The highest BCUT2D eigenvalue weighted by atomic mass is 35.5. The summed E-state index contributed by atoms with van der Waals surface area (Å²) in [4.78, 5) is 15.5. The Balaban J connectivity index is 1.38. The monoisotopic (exact) mass is 543 g/mol. The van der Waals surface area contributed by atoms with Crippen molar-refractivity contribution in [1.29, 1.82) is 0 Å². The third-order valence-electron chi connectivity index (χ3n) is 6.24. The summed E-state index contributed by atoms with van der Waals surface area (Å²) in [5.41, 5.74) is 1.89. The molecule has 2 heterocycles. The lowest BCUT2D eigenvalue weighted by Gasteiger charge is -2.35. The number of sulfonamides is 1. The molecule has 194 valence electrons. The zero-order chi connectivity index (χ0) is 26.0. The largest absolute Gasteiger partial charge is 0.497 e. The van der Waals surface area contributed by atoms with Gasteiger partial charge in [-0.3, -0.25) is 9.10 Å². The van der Waals surface area contributed by atoms with E-state index < -0.39 is 22.0 Å². The number of methoxy groups -OCH3 is 1. The molecule has 0 radical (unpaired) electrons. The van der Waals surface area contributed by atoms with Gasteiger partial charge in [0.25, 0.3) is 15.9 Å². The van der Waals surface area contributed by atoms with Gasteiger partial charge >= 0.3 is 0 Å². The molecular formula is C26H26ClN3O6S. The Labute approximate surface area is 220 Å². The van der Waals surface area contributed by atoms with Crippen molar-refractivity contribution in [2.24, 2.45) is 0 Å². The van der Waals surface area contributed by atoms with E-state index in [1.165, 1.54) is 25.3 Å². The van der Waals surface area contributed by atoms with E-state index in [0.29, 0.717) is 29.7 Å². The Hall–Kier alpha value is -3.47. The van der Waals surface area contributed by atoms with Crippen molar-refractivity contribution >= 4 is 44.6 Å². The van der Waals surface area contributed by atoms with Crippen LogP contribution >= 0.6 is 11.6 Å². The molecule has 1 atom stereocenters. The molecule has 3 aromatic carbocycles. The lowest BCUT2D eigenvalue weighted by atomic mass is 10.2. The lowest BCUT2D eigenvalue weighted by Crippen LogP contribution is -2.48. The molecule has 37 heavy (non-hydrogen) atoms. The maximum Gasteiger partial charge on any atom is 0.267 e. The van der Waals surface area contributed by atoms with Gasteiger partial charge in [0.1, 0.15) is 11.5 Å². The normalized spacial score (nSPS) is 17.5. The Kier molecular flexibility index (Phi) is 7.14. The summed E-state index contributed by atoms with van der Waals surface area (Å²) in [7, 11) is -2.53. The number of rotatable bonds is 6. The van der Waals surface area contributed by atoms with E-state index in [1.54, 1.807) is 24.3 Å².